The van der Waals surface area contributed by atoms with Crippen LogP contribution in [0.15, 0.2) is 22.9 Å². The summed E-state index contributed by atoms with van der Waals surface area (Å²) >= 11 is 3.36. The van der Waals surface area contributed by atoms with Crippen molar-refractivity contribution in [3.05, 3.63) is 22.9 Å². The Morgan fingerprint density at radius 3 is 2.50 bits per heavy atom. The van der Waals surface area contributed by atoms with Gasteiger partial charge in [0.25, 0.3) is 0 Å². The third-order valence-electron chi connectivity index (χ3n) is 3.27. The highest BCUT2D eigenvalue weighted by Crippen LogP contribution is 2.21. The van der Waals surface area contributed by atoms with E-state index in [-0.39, 0.29) is 0 Å². The fourth-order valence-electron chi connectivity index (χ4n) is 2.20. The monoisotopic (exact) mass is 283 g/mol. The first-order valence-corrected chi connectivity index (χ1v) is 6.49. The lowest BCUT2D eigenvalue weighted by molar-refractivity contribution is 0.249. The van der Waals surface area contributed by atoms with Crippen molar-refractivity contribution in [1.82, 2.24) is 9.88 Å². The summed E-state index contributed by atoms with van der Waals surface area (Å²) in [7, 11) is 4.34. The number of hydrogen-bond donors (Lipinski definition) is 0. The van der Waals surface area contributed by atoms with Crippen LogP contribution < -0.4 is 4.90 Å². The Kier molecular flexibility index (Phi) is 3.82. The van der Waals surface area contributed by atoms with Crippen LogP contribution in [-0.2, 0) is 0 Å². The molecule has 3 nitrogen and oxygen atoms in total. The van der Waals surface area contributed by atoms with E-state index in [1.54, 1.807) is 0 Å². The van der Waals surface area contributed by atoms with Gasteiger partial charge in [0, 0.05) is 19.1 Å². The van der Waals surface area contributed by atoms with E-state index in [0.717, 1.165) is 23.7 Å². The van der Waals surface area contributed by atoms with Crippen LogP contribution in [0.2, 0.25) is 0 Å². The Morgan fingerprint density at radius 2 is 2.00 bits per heavy atom. The Bertz CT molecular complexity index is 329. The Labute approximate surface area is 106 Å². The summed E-state index contributed by atoms with van der Waals surface area (Å²) in [4.78, 5) is 9.02. The minimum Gasteiger partial charge on any atom is -0.370 e. The van der Waals surface area contributed by atoms with E-state index < -0.39 is 0 Å². The first-order valence-electron chi connectivity index (χ1n) is 5.70. The van der Waals surface area contributed by atoms with Gasteiger partial charge in [-0.1, -0.05) is 0 Å². The van der Waals surface area contributed by atoms with Crippen molar-refractivity contribution in [2.75, 3.05) is 32.1 Å². The molecule has 0 unspecified atom stereocenters. The second-order valence-corrected chi connectivity index (χ2v) is 5.33. The van der Waals surface area contributed by atoms with E-state index in [1.165, 1.54) is 18.5 Å². The van der Waals surface area contributed by atoms with Crippen LogP contribution in [0, 0.1) is 0 Å². The fraction of sp³-hybridized carbons (Fsp3) is 0.583. The van der Waals surface area contributed by atoms with Gasteiger partial charge < -0.3 is 9.80 Å². The van der Waals surface area contributed by atoms with Gasteiger partial charge in [0.2, 0.25) is 0 Å². The van der Waals surface area contributed by atoms with Gasteiger partial charge in [-0.2, -0.15) is 0 Å². The number of hydrogen-bond acceptors (Lipinski definition) is 3. The van der Waals surface area contributed by atoms with Crippen LogP contribution in [0.5, 0.6) is 0 Å². The van der Waals surface area contributed by atoms with E-state index in [9.17, 15) is 0 Å². The molecule has 2 heterocycles. The van der Waals surface area contributed by atoms with Gasteiger partial charge in [-0.25, -0.2) is 4.98 Å². The van der Waals surface area contributed by atoms with Crippen LogP contribution in [0.3, 0.4) is 0 Å². The molecular weight excluding hydrogens is 266 g/mol. The number of rotatable bonds is 2. The summed E-state index contributed by atoms with van der Waals surface area (Å²) in [6, 6.07) is 4.88. The lowest BCUT2D eigenvalue weighted by Crippen LogP contribution is -2.42. The van der Waals surface area contributed by atoms with Gasteiger partial charge in [0.15, 0.2) is 0 Å². The molecule has 0 atom stereocenters. The summed E-state index contributed by atoms with van der Waals surface area (Å²) in [6.07, 6.45) is 4.42. The van der Waals surface area contributed by atoms with E-state index in [1.807, 2.05) is 12.3 Å². The van der Waals surface area contributed by atoms with Crippen LogP contribution in [-0.4, -0.2) is 43.1 Å². The molecule has 1 fully saturated rings. The highest BCUT2D eigenvalue weighted by atomic mass is 79.9. The topological polar surface area (TPSA) is 19.4 Å². The SMILES string of the molecule is CN(C)C1CCN(c2ccc(Br)nc2)CC1. The maximum Gasteiger partial charge on any atom is 0.106 e. The molecule has 88 valence electrons. The smallest absolute Gasteiger partial charge is 0.106 e. The molecule has 16 heavy (non-hydrogen) atoms. The van der Waals surface area contributed by atoms with Crippen LogP contribution in [0.4, 0.5) is 5.69 Å². The second-order valence-electron chi connectivity index (χ2n) is 4.52. The number of aromatic nitrogens is 1. The maximum atomic E-state index is 4.27. The van der Waals surface area contributed by atoms with Crippen molar-refractivity contribution >= 4 is 21.6 Å². The standard InChI is InChI=1S/C12H18BrN3/c1-15(2)10-5-7-16(8-6-10)11-3-4-12(13)14-9-11/h3-4,9-10H,5-8H2,1-2H3. The number of anilines is 1. The van der Waals surface area contributed by atoms with Crippen molar-refractivity contribution in [2.45, 2.75) is 18.9 Å². The Morgan fingerprint density at radius 1 is 1.31 bits per heavy atom. The normalized spacial score (nSPS) is 18.1. The van der Waals surface area contributed by atoms with Crippen LogP contribution >= 0.6 is 15.9 Å². The molecule has 1 aliphatic heterocycles. The molecule has 0 saturated carbocycles. The quantitative estimate of drug-likeness (QED) is 0.777. The molecule has 1 aromatic heterocycles. The highest BCUT2D eigenvalue weighted by molar-refractivity contribution is 9.10. The molecule has 1 aliphatic rings. The number of nitrogens with zero attached hydrogens (tertiary/aromatic N) is 3. The predicted molar refractivity (Wildman–Crippen MR) is 70.9 cm³/mol. The number of piperidine rings is 1. The Balaban J connectivity index is 1.96. The van der Waals surface area contributed by atoms with E-state index >= 15 is 0 Å². The molecule has 1 aromatic rings. The molecular formula is C12H18BrN3. The molecule has 0 aromatic carbocycles. The molecule has 1 saturated heterocycles. The van der Waals surface area contributed by atoms with E-state index in [0.29, 0.717) is 0 Å². The number of halogens is 1. The van der Waals surface area contributed by atoms with Crippen molar-refractivity contribution < 1.29 is 0 Å². The minimum absolute atomic E-state index is 0.736. The lowest BCUT2D eigenvalue weighted by Gasteiger charge is -2.36. The summed E-state index contributed by atoms with van der Waals surface area (Å²) in [5.41, 5.74) is 1.24. The third-order valence-corrected chi connectivity index (χ3v) is 3.74. The molecule has 0 spiro atoms. The first kappa shape index (κ1) is 11.9. The molecule has 0 amide bonds. The van der Waals surface area contributed by atoms with Gasteiger partial charge in [-0.3, -0.25) is 0 Å². The largest absolute Gasteiger partial charge is 0.370 e. The van der Waals surface area contributed by atoms with Gasteiger partial charge >= 0.3 is 0 Å². The molecule has 0 N–H and O–H groups in total. The van der Waals surface area contributed by atoms with E-state index in [4.69, 9.17) is 0 Å². The summed E-state index contributed by atoms with van der Waals surface area (Å²) in [5, 5.41) is 0. The third kappa shape index (κ3) is 2.74. The summed E-state index contributed by atoms with van der Waals surface area (Å²) < 4.78 is 0.902. The van der Waals surface area contributed by atoms with Crippen molar-refractivity contribution in [3.63, 3.8) is 0 Å². The van der Waals surface area contributed by atoms with Crippen LogP contribution in [0.25, 0.3) is 0 Å². The lowest BCUT2D eigenvalue weighted by atomic mass is 10.0. The average Bonchev–Trinajstić information content (AvgIpc) is 2.30. The molecule has 0 bridgehead atoms. The molecule has 2 rings (SSSR count). The molecule has 0 radical (unpaired) electrons. The molecule has 0 aliphatic carbocycles. The van der Waals surface area contributed by atoms with Crippen LogP contribution in [0.1, 0.15) is 12.8 Å². The summed E-state index contributed by atoms with van der Waals surface area (Å²) in [6.45, 7) is 2.26. The van der Waals surface area contributed by atoms with Crippen molar-refractivity contribution in [3.8, 4) is 0 Å². The predicted octanol–water partition coefficient (Wildman–Crippen LogP) is 2.37. The van der Waals surface area contributed by atoms with Crippen molar-refractivity contribution in [1.29, 1.82) is 0 Å². The average molecular weight is 284 g/mol. The van der Waals surface area contributed by atoms with Gasteiger partial charge in [-0.15, -0.1) is 0 Å². The second kappa shape index (κ2) is 5.15. The van der Waals surface area contributed by atoms with Crippen molar-refractivity contribution in [2.24, 2.45) is 0 Å². The van der Waals surface area contributed by atoms with E-state index in [2.05, 4.69) is 50.9 Å². The highest BCUT2D eigenvalue weighted by Gasteiger charge is 2.20. The number of pyridine rings is 1. The van der Waals surface area contributed by atoms with Gasteiger partial charge in [-0.05, 0) is 55.0 Å². The molecule has 4 heteroatoms. The Hall–Kier alpha value is -0.610. The van der Waals surface area contributed by atoms with Gasteiger partial charge in [0.05, 0.1) is 11.9 Å². The summed E-state index contributed by atoms with van der Waals surface area (Å²) in [5.74, 6) is 0. The first-order chi connectivity index (χ1) is 7.66. The maximum absolute atomic E-state index is 4.27. The zero-order valence-electron chi connectivity index (χ0n) is 9.86. The zero-order chi connectivity index (χ0) is 11.5. The van der Waals surface area contributed by atoms with Gasteiger partial charge in [0.1, 0.15) is 4.60 Å². The zero-order valence-corrected chi connectivity index (χ0v) is 11.4. The minimum atomic E-state index is 0.736. The fourth-order valence-corrected chi connectivity index (χ4v) is 2.43.